The third-order valence-electron chi connectivity index (χ3n) is 1.94. The van der Waals surface area contributed by atoms with Crippen LogP contribution in [-0.4, -0.2) is 22.1 Å². The smallest absolute Gasteiger partial charge is 0.119 e. The highest BCUT2D eigenvalue weighted by atomic mass is 16.5. The van der Waals surface area contributed by atoms with E-state index in [1.54, 1.807) is 11.8 Å². The monoisotopic (exact) mass is 249 g/mol. The lowest BCUT2D eigenvalue weighted by Gasteiger charge is -2.01. The SMILES string of the molecule is CC.CC.COc1ccc(-n2cc(C)nn2)cc1. The molecule has 1 heterocycles. The van der Waals surface area contributed by atoms with Crippen molar-refractivity contribution in [2.75, 3.05) is 7.11 Å². The van der Waals surface area contributed by atoms with E-state index in [4.69, 9.17) is 4.74 Å². The maximum absolute atomic E-state index is 5.06. The predicted octanol–water partition coefficient (Wildman–Crippen LogP) is 3.64. The van der Waals surface area contributed by atoms with Crippen LogP contribution in [0.5, 0.6) is 5.75 Å². The summed E-state index contributed by atoms with van der Waals surface area (Å²) in [5, 5.41) is 7.88. The quantitative estimate of drug-likeness (QED) is 0.815. The molecule has 0 aliphatic rings. The van der Waals surface area contributed by atoms with Crippen LogP contribution in [-0.2, 0) is 0 Å². The summed E-state index contributed by atoms with van der Waals surface area (Å²) in [4.78, 5) is 0. The zero-order chi connectivity index (χ0) is 14.0. The summed E-state index contributed by atoms with van der Waals surface area (Å²) in [6.07, 6.45) is 1.88. The summed E-state index contributed by atoms with van der Waals surface area (Å²) in [5.41, 5.74) is 1.88. The molecule has 0 aliphatic heterocycles. The van der Waals surface area contributed by atoms with Gasteiger partial charge in [-0.3, -0.25) is 0 Å². The average molecular weight is 249 g/mol. The van der Waals surface area contributed by atoms with Crippen molar-refractivity contribution in [1.29, 1.82) is 0 Å². The van der Waals surface area contributed by atoms with Crippen LogP contribution in [0.3, 0.4) is 0 Å². The van der Waals surface area contributed by atoms with Crippen LogP contribution >= 0.6 is 0 Å². The molecule has 0 saturated heterocycles. The normalized spacial score (nSPS) is 8.56. The van der Waals surface area contributed by atoms with Crippen molar-refractivity contribution >= 4 is 0 Å². The highest BCUT2D eigenvalue weighted by Crippen LogP contribution is 2.13. The molecular formula is C14H23N3O. The lowest BCUT2D eigenvalue weighted by atomic mass is 10.3. The fraction of sp³-hybridized carbons (Fsp3) is 0.429. The first-order chi connectivity index (χ1) is 8.79. The van der Waals surface area contributed by atoms with Gasteiger partial charge in [0.15, 0.2) is 0 Å². The lowest BCUT2D eigenvalue weighted by Crippen LogP contribution is -1.94. The third-order valence-corrected chi connectivity index (χ3v) is 1.94. The molecular weight excluding hydrogens is 226 g/mol. The van der Waals surface area contributed by atoms with Crippen molar-refractivity contribution < 1.29 is 4.74 Å². The molecule has 0 fully saturated rings. The number of nitrogens with zero attached hydrogens (tertiary/aromatic N) is 3. The highest BCUT2D eigenvalue weighted by molar-refractivity contribution is 5.36. The van der Waals surface area contributed by atoms with Crippen LogP contribution in [0.15, 0.2) is 30.5 Å². The Balaban J connectivity index is 0.000000659. The maximum atomic E-state index is 5.06. The highest BCUT2D eigenvalue weighted by Gasteiger charge is 1.98. The zero-order valence-corrected chi connectivity index (χ0v) is 12.1. The molecule has 4 nitrogen and oxygen atoms in total. The van der Waals surface area contributed by atoms with Gasteiger partial charge in [-0.05, 0) is 31.2 Å². The van der Waals surface area contributed by atoms with E-state index in [9.17, 15) is 0 Å². The minimum Gasteiger partial charge on any atom is -0.497 e. The summed E-state index contributed by atoms with van der Waals surface area (Å²) in [5.74, 6) is 0.839. The Morgan fingerprint density at radius 2 is 1.56 bits per heavy atom. The van der Waals surface area contributed by atoms with Gasteiger partial charge in [-0.15, -0.1) is 5.10 Å². The number of aryl methyl sites for hydroxylation is 1. The number of benzene rings is 1. The fourth-order valence-corrected chi connectivity index (χ4v) is 1.21. The van der Waals surface area contributed by atoms with E-state index in [1.807, 2.05) is 65.1 Å². The molecule has 1 aromatic heterocycles. The second-order valence-electron chi connectivity index (χ2n) is 3.00. The molecule has 0 aliphatic carbocycles. The van der Waals surface area contributed by atoms with E-state index >= 15 is 0 Å². The van der Waals surface area contributed by atoms with E-state index in [-0.39, 0.29) is 0 Å². The Bertz CT molecular complexity index is 421. The third kappa shape index (κ3) is 4.57. The molecule has 2 rings (SSSR count). The van der Waals surface area contributed by atoms with Crippen molar-refractivity contribution in [2.24, 2.45) is 0 Å². The largest absolute Gasteiger partial charge is 0.497 e. The molecule has 0 spiro atoms. The van der Waals surface area contributed by atoms with E-state index in [0.29, 0.717) is 0 Å². The van der Waals surface area contributed by atoms with Crippen LogP contribution in [0, 0.1) is 6.92 Å². The number of rotatable bonds is 2. The summed E-state index contributed by atoms with van der Waals surface area (Å²) in [6.45, 7) is 9.91. The van der Waals surface area contributed by atoms with Crippen molar-refractivity contribution in [2.45, 2.75) is 34.6 Å². The molecule has 0 bridgehead atoms. The van der Waals surface area contributed by atoms with Gasteiger partial charge in [0.05, 0.1) is 24.7 Å². The molecule has 1 aromatic carbocycles. The van der Waals surface area contributed by atoms with Crippen LogP contribution in [0.25, 0.3) is 5.69 Å². The molecule has 0 atom stereocenters. The van der Waals surface area contributed by atoms with Crippen molar-refractivity contribution in [3.05, 3.63) is 36.2 Å². The zero-order valence-electron chi connectivity index (χ0n) is 12.1. The first kappa shape index (κ1) is 16.2. The summed E-state index contributed by atoms with van der Waals surface area (Å²) < 4.78 is 6.80. The van der Waals surface area contributed by atoms with Crippen molar-refractivity contribution in [1.82, 2.24) is 15.0 Å². The first-order valence-electron chi connectivity index (χ1n) is 6.33. The van der Waals surface area contributed by atoms with E-state index in [0.717, 1.165) is 17.1 Å². The summed E-state index contributed by atoms with van der Waals surface area (Å²) in [7, 11) is 1.65. The van der Waals surface area contributed by atoms with Gasteiger partial charge in [0.2, 0.25) is 0 Å². The molecule has 0 unspecified atom stereocenters. The second-order valence-corrected chi connectivity index (χ2v) is 3.00. The Hall–Kier alpha value is -1.84. The van der Waals surface area contributed by atoms with Gasteiger partial charge in [0.25, 0.3) is 0 Å². The number of ether oxygens (including phenoxy) is 1. The van der Waals surface area contributed by atoms with Crippen LogP contribution in [0.1, 0.15) is 33.4 Å². The van der Waals surface area contributed by atoms with Gasteiger partial charge in [-0.1, -0.05) is 32.9 Å². The Kier molecular flexibility index (Phi) is 8.27. The Labute approximate surface area is 110 Å². The summed E-state index contributed by atoms with van der Waals surface area (Å²) in [6, 6.07) is 7.67. The molecule has 0 N–H and O–H groups in total. The van der Waals surface area contributed by atoms with Gasteiger partial charge in [0, 0.05) is 0 Å². The molecule has 0 radical (unpaired) electrons. The number of aromatic nitrogens is 3. The Morgan fingerprint density at radius 3 is 1.94 bits per heavy atom. The maximum Gasteiger partial charge on any atom is 0.119 e. The first-order valence-corrected chi connectivity index (χ1v) is 6.33. The van der Waals surface area contributed by atoms with Gasteiger partial charge in [0.1, 0.15) is 5.75 Å². The van der Waals surface area contributed by atoms with Gasteiger partial charge < -0.3 is 4.74 Å². The van der Waals surface area contributed by atoms with Crippen LogP contribution < -0.4 is 4.74 Å². The molecule has 4 heteroatoms. The van der Waals surface area contributed by atoms with E-state index < -0.39 is 0 Å². The second kappa shape index (κ2) is 9.22. The topological polar surface area (TPSA) is 39.9 Å². The fourth-order valence-electron chi connectivity index (χ4n) is 1.21. The minimum atomic E-state index is 0.839. The average Bonchev–Trinajstić information content (AvgIpc) is 2.90. The lowest BCUT2D eigenvalue weighted by molar-refractivity contribution is 0.414. The van der Waals surface area contributed by atoms with E-state index in [2.05, 4.69) is 10.3 Å². The Morgan fingerprint density at radius 1 is 1.00 bits per heavy atom. The molecule has 0 saturated carbocycles. The number of hydrogen-bond acceptors (Lipinski definition) is 3. The van der Waals surface area contributed by atoms with Crippen molar-refractivity contribution in [3.8, 4) is 11.4 Å². The number of methoxy groups -OCH3 is 1. The minimum absolute atomic E-state index is 0.839. The molecule has 100 valence electrons. The van der Waals surface area contributed by atoms with Crippen LogP contribution in [0.4, 0.5) is 0 Å². The van der Waals surface area contributed by atoms with Gasteiger partial charge >= 0.3 is 0 Å². The van der Waals surface area contributed by atoms with E-state index in [1.165, 1.54) is 0 Å². The molecule has 18 heavy (non-hydrogen) atoms. The predicted molar refractivity (Wildman–Crippen MR) is 75.3 cm³/mol. The van der Waals surface area contributed by atoms with Gasteiger partial charge in [-0.2, -0.15) is 0 Å². The van der Waals surface area contributed by atoms with Crippen LogP contribution in [0.2, 0.25) is 0 Å². The molecule has 2 aromatic rings. The van der Waals surface area contributed by atoms with Crippen molar-refractivity contribution in [3.63, 3.8) is 0 Å². The standard InChI is InChI=1S/C10H11N3O.2C2H6/c1-8-7-13(12-11-8)9-3-5-10(14-2)6-4-9;2*1-2/h3-7H,1-2H3;2*1-2H3. The van der Waals surface area contributed by atoms with Gasteiger partial charge in [-0.25, -0.2) is 4.68 Å². The number of hydrogen-bond donors (Lipinski definition) is 0. The summed E-state index contributed by atoms with van der Waals surface area (Å²) >= 11 is 0. The molecule has 0 amide bonds.